The molecule has 2 aromatic carbocycles. The van der Waals surface area contributed by atoms with Crippen molar-refractivity contribution in [1.82, 2.24) is 4.98 Å². The number of rotatable bonds is 4. The molecular formula is C16H11F2NO3S. The van der Waals surface area contributed by atoms with Crippen LogP contribution >= 0.6 is 11.8 Å². The number of fused-ring (bicyclic) bond motifs is 1. The van der Waals surface area contributed by atoms with Crippen LogP contribution in [-0.4, -0.2) is 22.3 Å². The molecule has 0 aliphatic carbocycles. The van der Waals surface area contributed by atoms with Crippen LogP contribution in [0.3, 0.4) is 0 Å². The lowest BCUT2D eigenvalue weighted by Gasteiger charge is -2.12. The van der Waals surface area contributed by atoms with Crippen molar-refractivity contribution in [2.75, 3.05) is 6.26 Å². The fourth-order valence-corrected chi connectivity index (χ4v) is 2.99. The van der Waals surface area contributed by atoms with Gasteiger partial charge in [0.2, 0.25) is 0 Å². The van der Waals surface area contributed by atoms with E-state index in [1.807, 2.05) is 0 Å². The topological polar surface area (TPSA) is 62.3 Å². The summed E-state index contributed by atoms with van der Waals surface area (Å²) in [5.41, 5.74) is 0.0980. The van der Waals surface area contributed by atoms with Crippen molar-refractivity contribution < 1.29 is 23.4 Å². The zero-order valence-electron chi connectivity index (χ0n) is 11.9. The predicted molar refractivity (Wildman–Crippen MR) is 83.5 cm³/mol. The van der Waals surface area contributed by atoms with Gasteiger partial charge in [0, 0.05) is 23.2 Å². The second-order valence-electron chi connectivity index (χ2n) is 4.71. The average Bonchev–Trinajstić information content (AvgIpc) is 2.97. The van der Waals surface area contributed by atoms with Gasteiger partial charge in [0.05, 0.1) is 10.5 Å². The van der Waals surface area contributed by atoms with Crippen molar-refractivity contribution in [3.8, 4) is 11.5 Å². The maximum Gasteiger partial charge on any atom is 0.338 e. The fourth-order valence-electron chi connectivity index (χ4n) is 2.27. The molecule has 118 valence electrons. The number of carbonyl (C=O) groups is 1. The number of aromatic nitrogens is 1. The Morgan fingerprint density at radius 2 is 2.00 bits per heavy atom. The van der Waals surface area contributed by atoms with Crippen LogP contribution in [0.15, 0.2) is 41.4 Å². The molecule has 0 fully saturated rings. The molecule has 3 aromatic rings. The highest BCUT2D eigenvalue weighted by Gasteiger charge is 2.18. The van der Waals surface area contributed by atoms with Crippen LogP contribution in [0.25, 0.3) is 10.9 Å². The molecule has 3 rings (SSSR count). The zero-order valence-corrected chi connectivity index (χ0v) is 12.7. The monoisotopic (exact) mass is 335 g/mol. The van der Waals surface area contributed by atoms with Gasteiger partial charge in [0.1, 0.15) is 11.6 Å². The number of aromatic carboxylic acids is 1. The lowest BCUT2D eigenvalue weighted by atomic mass is 10.2. The molecule has 0 spiro atoms. The highest BCUT2D eigenvalue weighted by Crippen LogP contribution is 2.39. The van der Waals surface area contributed by atoms with Crippen LogP contribution in [-0.2, 0) is 0 Å². The molecule has 0 aliphatic rings. The number of hydrogen-bond acceptors (Lipinski definition) is 3. The van der Waals surface area contributed by atoms with E-state index in [1.165, 1.54) is 23.9 Å². The number of hydrogen-bond donors (Lipinski definition) is 2. The normalized spacial score (nSPS) is 10.9. The largest absolute Gasteiger partial charge is 0.478 e. The van der Waals surface area contributed by atoms with E-state index in [0.29, 0.717) is 10.4 Å². The predicted octanol–water partition coefficient (Wildman–Crippen LogP) is 4.66. The van der Waals surface area contributed by atoms with Crippen molar-refractivity contribution in [3.63, 3.8) is 0 Å². The Kier molecular flexibility index (Phi) is 3.96. The number of carboxylic acids is 1. The van der Waals surface area contributed by atoms with Gasteiger partial charge in [-0.1, -0.05) is 0 Å². The molecule has 1 heterocycles. The summed E-state index contributed by atoms with van der Waals surface area (Å²) in [4.78, 5) is 14.5. The van der Waals surface area contributed by atoms with Gasteiger partial charge < -0.3 is 14.8 Å². The summed E-state index contributed by atoms with van der Waals surface area (Å²) >= 11 is 1.30. The van der Waals surface area contributed by atoms with Crippen LogP contribution < -0.4 is 4.74 Å². The van der Waals surface area contributed by atoms with Crippen molar-refractivity contribution in [3.05, 3.63) is 53.7 Å². The number of carboxylic acid groups (broad SMARTS) is 1. The summed E-state index contributed by atoms with van der Waals surface area (Å²) in [5.74, 6) is -2.86. The number of halogens is 2. The minimum Gasteiger partial charge on any atom is -0.478 e. The molecule has 0 amide bonds. The molecule has 7 heteroatoms. The number of benzene rings is 2. The van der Waals surface area contributed by atoms with E-state index >= 15 is 0 Å². The first-order valence-corrected chi connectivity index (χ1v) is 7.78. The first-order chi connectivity index (χ1) is 11.0. The van der Waals surface area contributed by atoms with Gasteiger partial charge in [-0.3, -0.25) is 0 Å². The van der Waals surface area contributed by atoms with Crippen molar-refractivity contribution >= 4 is 28.6 Å². The lowest BCUT2D eigenvalue weighted by Crippen LogP contribution is -2.01. The van der Waals surface area contributed by atoms with Gasteiger partial charge in [-0.2, -0.15) is 0 Å². The van der Waals surface area contributed by atoms with Crippen LogP contribution in [0.1, 0.15) is 10.4 Å². The molecule has 4 nitrogen and oxygen atoms in total. The Morgan fingerprint density at radius 1 is 1.22 bits per heavy atom. The summed E-state index contributed by atoms with van der Waals surface area (Å²) in [5, 5.41) is 9.73. The molecule has 0 saturated carbocycles. The molecule has 0 radical (unpaired) electrons. The third-order valence-electron chi connectivity index (χ3n) is 3.31. The fraction of sp³-hybridized carbons (Fsp3) is 0.0625. The second-order valence-corrected chi connectivity index (χ2v) is 5.53. The molecule has 0 atom stereocenters. The molecule has 2 N–H and O–H groups in total. The molecule has 0 saturated heterocycles. The summed E-state index contributed by atoms with van der Waals surface area (Å²) in [6.45, 7) is 0. The first kappa shape index (κ1) is 15.4. The van der Waals surface area contributed by atoms with E-state index in [0.717, 1.165) is 17.5 Å². The third kappa shape index (κ3) is 2.75. The SMILES string of the molecule is CSc1c(Oc2ccc(F)c(C(=O)O)c2)c(F)cc2[nH]ccc12. The van der Waals surface area contributed by atoms with Gasteiger partial charge in [-0.25, -0.2) is 13.6 Å². The highest BCUT2D eigenvalue weighted by atomic mass is 32.2. The average molecular weight is 335 g/mol. The van der Waals surface area contributed by atoms with Gasteiger partial charge in [-0.15, -0.1) is 11.8 Å². The number of nitrogens with one attached hydrogen (secondary N) is 1. The van der Waals surface area contributed by atoms with E-state index in [1.54, 1.807) is 18.5 Å². The van der Waals surface area contributed by atoms with Gasteiger partial charge in [0.25, 0.3) is 0 Å². The Labute approximate surface area is 134 Å². The van der Waals surface area contributed by atoms with E-state index in [9.17, 15) is 13.6 Å². The van der Waals surface area contributed by atoms with Crippen molar-refractivity contribution in [2.45, 2.75) is 4.90 Å². The number of ether oxygens (including phenoxy) is 1. The van der Waals surface area contributed by atoms with E-state index in [-0.39, 0.29) is 11.5 Å². The highest BCUT2D eigenvalue weighted by molar-refractivity contribution is 7.99. The first-order valence-electron chi connectivity index (χ1n) is 6.55. The minimum absolute atomic E-state index is 0.0208. The Bertz CT molecular complexity index is 908. The Balaban J connectivity index is 2.09. The van der Waals surface area contributed by atoms with E-state index in [2.05, 4.69) is 4.98 Å². The second kappa shape index (κ2) is 5.92. The smallest absolute Gasteiger partial charge is 0.338 e. The Morgan fingerprint density at radius 3 is 2.70 bits per heavy atom. The van der Waals surface area contributed by atoms with Crippen LogP contribution in [0.2, 0.25) is 0 Å². The third-order valence-corrected chi connectivity index (χ3v) is 4.12. The van der Waals surface area contributed by atoms with Crippen LogP contribution in [0.5, 0.6) is 11.5 Å². The molecule has 0 unspecified atom stereocenters. The van der Waals surface area contributed by atoms with Gasteiger partial charge in [-0.05, 0) is 30.5 Å². The zero-order chi connectivity index (χ0) is 16.6. The Hall–Kier alpha value is -2.54. The summed E-state index contributed by atoms with van der Waals surface area (Å²) in [6, 6.07) is 6.35. The summed E-state index contributed by atoms with van der Waals surface area (Å²) in [6.07, 6.45) is 3.47. The summed E-state index contributed by atoms with van der Waals surface area (Å²) < 4.78 is 33.3. The van der Waals surface area contributed by atoms with E-state index < -0.39 is 23.2 Å². The summed E-state index contributed by atoms with van der Waals surface area (Å²) in [7, 11) is 0. The quantitative estimate of drug-likeness (QED) is 0.681. The van der Waals surface area contributed by atoms with Crippen LogP contribution in [0.4, 0.5) is 8.78 Å². The molecule has 0 aliphatic heterocycles. The van der Waals surface area contributed by atoms with Gasteiger partial charge >= 0.3 is 5.97 Å². The molecule has 23 heavy (non-hydrogen) atoms. The van der Waals surface area contributed by atoms with Gasteiger partial charge in [0.15, 0.2) is 11.6 Å². The van der Waals surface area contributed by atoms with E-state index in [4.69, 9.17) is 9.84 Å². The maximum absolute atomic E-state index is 14.3. The standard InChI is InChI=1S/C16H11F2NO3S/c1-23-15-9-4-5-19-13(9)7-12(18)14(15)22-8-2-3-11(17)10(6-8)16(20)21/h2-7,19H,1H3,(H,20,21). The maximum atomic E-state index is 14.3. The molecule has 1 aromatic heterocycles. The van der Waals surface area contributed by atoms with Crippen molar-refractivity contribution in [2.24, 2.45) is 0 Å². The minimum atomic E-state index is -1.42. The molecule has 0 bridgehead atoms. The number of H-pyrrole nitrogens is 1. The van der Waals surface area contributed by atoms with Crippen LogP contribution in [0, 0.1) is 11.6 Å². The number of thioether (sulfide) groups is 1. The lowest BCUT2D eigenvalue weighted by molar-refractivity contribution is 0.0691. The van der Waals surface area contributed by atoms with Crippen molar-refractivity contribution in [1.29, 1.82) is 0 Å². The molecular weight excluding hydrogens is 324 g/mol. The number of aromatic amines is 1.